The van der Waals surface area contributed by atoms with E-state index in [0.29, 0.717) is 17.2 Å². The van der Waals surface area contributed by atoms with Crippen LogP contribution >= 0.6 is 0 Å². The van der Waals surface area contributed by atoms with Crippen molar-refractivity contribution < 1.29 is 19.1 Å². The molecule has 2 N–H and O–H groups in total. The molecule has 1 aromatic heterocycles. The van der Waals surface area contributed by atoms with Gasteiger partial charge in [0.2, 0.25) is 6.10 Å². The summed E-state index contributed by atoms with van der Waals surface area (Å²) in [4.78, 5) is 25.7. The van der Waals surface area contributed by atoms with E-state index in [0.717, 1.165) is 0 Å². The minimum Gasteiger partial charge on any atom is -0.485 e. The second kappa shape index (κ2) is 7.16. The van der Waals surface area contributed by atoms with Crippen molar-refractivity contribution in [3.05, 3.63) is 66.5 Å². The van der Waals surface area contributed by atoms with Gasteiger partial charge in [-0.1, -0.05) is 30.3 Å². The summed E-state index contributed by atoms with van der Waals surface area (Å²) in [5, 5.41) is 8.12. The lowest BCUT2D eigenvalue weighted by Crippen LogP contribution is -2.50. The summed E-state index contributed by atoms with van der Waals surface area (Å²) in [5.74, 6) is -0.0832. The maximum atomic E-state index is 12.2. The molecular formula is C18H15N5O4. The van der Waals surface area contributed by atoms with E-state index in [1.165, 1.54) is 11.0 Å². The first-order valence-electron chi connectivity index (χ1n) is 8.17. The molecule has 0 unspecified atom stereocenters. The Kier molecular flexibility index (Phi) is 4.40. The molecule has 4 rings (SSSR count). The third kappa shape index (κ3) is 3.56. The number of hydrazine groups is 1. The van der Waals surface area contributed by atoms with Crippen molar-refractivity contribution in [2.45, 2.75) is 6.10 Å². The van der Waals surface area contributed by atoms with Crippen molar-refractivity contribution in [3.8, 4) is 17.2 Å². The summed E-state index contributed by atoms with van der Waals surface area (Å²) < 4.78 is 11.0. The summed E-state index contributed by atoms with van der Waals surface area (Å²) in [6, 6.07) is 16.2. The number of para-hydroxylation sites is 3. The average Bonchev–Trinajstić information content (AvgIpc) is 3.22. The summed E-state index contributed by atoms with van der Waals surface area (Å²) in [5.41, 5.74) is 5.38. The lowest BCUT2D eigenvalue weighted by Gasteiger charge is -2.25. The third-order valence-electron chi connectivity index (χ3n) is 3.81. The minimum atomic E-state index is -0.875. The standard InChI is InChI=1S/C18H15N5O4/c24-17(13-10-19-23(22-13)12-6-2-1-3-7-12)20-21-18(25)16-11-26-14-8-4-5-9-15(14)27-16/h1-10,16H,11H2,(H,20,24)(H,21,25)/t16-/m0/s1. The number of aromatic nitrogens is 3. The van der Waals surface area contributed by atoms with Crippen LogP contribution in [0.25, 0.3) is 5.69 Å². The van der Waals surface area contributed by atoms with Crippen LogP contribution in [0.2, 0.25) is 0 Å². The highest BCUT2D eigenvalue weighted by Crippen LogP contribution is 2.30. The predicted octanol–water partition coefficient (Wildman–Crippen LogP) is 0.868. The Labute approximate surface area is 153 Å². The summed E-state index contributed by atoms with van der Waals surface area (Å²) >= 11 is 0. The third-order valence-corrected chi connectivity index (χ3v) is 3.81. The van der Waals surface area contributed by atoms with Crippen LogP contribution in [0.1, 0.15) is 10.5 Å². The fourth-order valence-electron chi connectivity index (χ4n) is 2.46. The van der Waals surface area contributed by atoms with Crippen LogP contribution < -0.4 is 20.3 Å². The Morgan fingerprint density at radius 3 is 2.56 bits per heavy atom. The summed E-state index contributed by atoms with van der Waals surface area (Å²) in [6.45, 7) is 0.0446. The molecule has 2 aromatic carbocycles. The van der Waals surface area contributed by atoms with E-state index < -0.39 is 17.9 Å². The lowest BCUT2D eigenvalue weighted by molar-refractivity contribution is -0.131. The molecule has 0 saturated heterocycles. The average molecular weight is 365 g/mol. The lowest BCUT2D eigenvalue weighted by atomic mass is 10.2. The van der Waals surface area contributed by atoms with Crippen LogP contribution in [0, 0.1) is 0 Å². The zero-order valence-corrected chi connectivity index (χ0v) is 14.0. The molecular weight excluding hydrogens is 350 g/mol. The van der Waals surface area contributed by atoms with Gasteiger partial charge in [-0.15, -0.1) is 5.10 Å². The normalized spacial score (nSPS) is 15.0. The Hall–Kier alpha value is -3.88. The van der Waals surface area contributed by atoms with Crippen LogP contribution in [-0.2, 0) is 4.79 Å². The number of benzene rings is 2. The van der Waals surface area contributed by atoms with E-state index in [-0.39, 0.29) is 12.3 Å². The van der Waals surface area contributed by atoms with E-state index >= 15 is 0 Å². The molecule has 0 bridgehead atoms. The molecule has 0 aliphatic carbocycles. The van der Waals surface area contributed by atoms with Gasteiger partial charge >= 0.3 is 0 Å². The molecule has 0 radical (unpaired) electrons. The molecule has 9 heteroatoms. The number of fused-ring (bicyclic) bond motifs is 1. The molecule has 27 heavy (non-hydrogen) atoms. The van der Waals surface area contributed by atoms with Gasteiger partial charge in [0.05, 0.1) is 11.9 Å². The second-order valence-corrected chi connectivity index (χ2v) is 5.66. The van der Waals surface area contributed by atoms with E-state index in [1.54, 1.807) is 18.2 Å². The van der Waals surface area contributed by atoms with E-state index in [1.807, 2.05) is 36.4 Å². The van der Waals surface area contributed by atoms with Crippen LogP contribution in [0.4, 0.5) is 0 Å². The first-order valence-corrected chi connectivity index (χ1v) is 8.17. The quantitative estimate of drug-likeness (QED) is 0.667. The van der Waals surface area contributed by atoms with Gasteiger partial charge in [-0.05, 0) is 24.3 Å². The van der Waals surface area contributed by atoms with Crippen LogP contribution in [0.5, 0.6) is 11.5 Å². The van der Waals surface area contributed by atoms with Gasteiger partial charge in [0.1, 0.15) is 6.61 Å². The van der Waals surface area contributed by atoms with Crippen LogP contribution in [-0.4, -0.2) is 39.5 Å². The fourth-order valence-corrected chi connectivity index (χ4v) is 2.46. The molecule has 2 heterocycles. The van der Waals surface area contributed by atoms with E-state index in [9.17, 15) is 9.59 Å². The molecule has 2 amide bonds. The van der Waals surface area contributed by atoms with Gasteiger partial charge in [-0.3, -0.25) is 20.4 Å². The number of carbonyl (C=O) groups excluding carboxylic acids is 2. The number of amides is 2. The Bertz CT molecular complexity index is 973. The maximum absolute atomic E-state index is 12.2. The van der Waals surface area contributed by atoms with Crippen molar-refractivity contribution in [2.75, 3.05) is 6.61 Å². The molecule has 136 valence electrons. The number of rotatable bonds is 3. The van der Waals surface area contributed by atoms with Crippen molar-refractivity contribution in [1.82, 2.24) is 25.8 Å². The largest absolute Gasteiger partial charge is 0.485 e. The Morgan fingerprint density at radius 1 is 1.00 bits per heavy atom. The van der Waals surface area contributed by atoms with Gasteiger partial charge in [-0.2, -0.15) is 9.90 Å². The fraction of sp³-hybridized carbons (Fsp3) is 0.111. The highest BCUT2D eigenvalue weighted by Gasteiger charge is 2.27. The topological polar surface area (TPSA) is 107 Å². The van der Waals surface area contributed by atoms with Gasteiger partial charge in [0.25, 0.3) is 11.8 Å². The number of carbonyl (C=O) groups is 2. The van der Waals surface area contributed by atoms with Crippen molar-refractivity contribution >= 4 is 11.8 Å². The maximum Gasteiger partial charge on any atom is 0.291 e. The number of hydrogen-bond acceptors (Lipinski definition) is 6. The molecule has 0 spiro atoms. The zero-order chi connectivity index (χ0) is 18.6. The molecule has 1 atom stereocenters. The minimum absolute atomic E-state index is 0.0446. The first-order chi connectivity index (χ1) is 13.2. The van der Waals surface area contributed by atoms with Gasteiger partial charge in [0, 0.05) is 0 Å². The summed E-state index contributed by atoms with van der Waals surface area (Å²) in [7, 11) is 0. The van der Waals surface area contributed by atoms with E-state index in [4.69, 9.17) is 9.47 Å². The second-order valence-electron chi connectivity index (χ2n) is 5.66. The number of nitrogens with one attached hydrogen (secondary N) is 2. The number of nitrogens with zero attached hydrogens (tertiary/aromatic N) is 3. The molecule has 1 aliphatic heterocycles. The number of ether oxygens (including phenoxy) is 2. The predicted molar refractivity (Wildman–Crippen MR) is 93.3 cm³/mol. The molecule has 0 fully saturated rings. The zero-order valence-electron chi connectivity index (χ0n) is 14.0. The van der Waals surface area contributed by atoms with Gasteiger partial charge in [-0.25, -0.2) is 0 Å². The molecule has 0 saturated carbocycles. The smallest absolute Gasteiger partial charge is 0.291 e. The Balaban J connectivity index is 1.34. The SMILES string of the molecule is O=C(NNC(=O)[C@@H]1COc2ccccc2O1)c1cnn(-c2ccccc2)n1. The van der Waals surface area contributed by atoms with Crippen molar-refractivity contribution in [3.63, 3.8) is 0 Å². The molecule has 3 aromatic rings. The monoisotopic (exact) mass is 365 g/mol. The molecule has 9 nitrogen and oxygen atoms in total. The number of hydrogen-bond donors (Lipinski definition) is 2. The van der Waals surface area contributed by atoms with Crippen molar-refractivity contribution in [2.24, 2.45) is 0 Å². The van der Waals surface area contributed by atoms with Crippen LogP contribution in [0.3, 0.4) is 0 Å². The Morgan fingerprint density at radius 2 is 1.74 bits per heavy atom. The highest BCUT2D eigenvalue weighted by molar-refractivity contribution is 5.94. The van der Waals surface area contributed by atoms with E-state index in [2.05, 4.69) is 21.0 Å². The van der Waals surface area contributed by atoms with Crippen molar-refractivity contribution in [1.29, 1.82) is 0 Å². The van der Waals surface area contributed by atoms with Gasteiger partial charge < -0.3 is 9.47 Å². The van der Waals surface area contributed by atoms with Gasteiger partial charge in [0.15, 0.2) is 17.2 Å². The highest BCUT2D eigenvalue weighted by atomic mass is 16.6. The summed E-state index contributed by atoms with van der Waals surface area (Å²) in [6.07, 6.45) is 0.436. The van der Waals surface area contributed by atoms with Crippen LogP contribution in [0.15, 0.2) is 60.8 Å². The first kappa shape index (κ1) is 16.6. The molecule has 1 aliphatic rings.